The van der Waals surface area contributed by atoms with Crippen LogP contribution in [0, 0.1) is 12.8 Å². The van der Waals surface area contributed by atoms with E-state index in [4.69, 9.17) is 0 Å². The summed E-state index contributed by atoms with van der Waals surface area (Å²) >= 11 is 0. The van der Waals surface area contributed by atoms with Gasteiger partial charge in [-0.15, -0.1) is 0 Å². The molecule has 0 bridgehead atoms. The maximum absolute atomic E-state index is 10.3. The van der Waals surface area contributed by atoms with Crippen LogP contribution >= 0.6 is 0 Å². The molecule has 1 aliphatic rings. The summed E-state index contributed by atoms with van der Waals surface area (Å²) in [5.41, 5.74) is 3.48. The molecule has 21 heavy (non-hydrogen) atoms. The molecule has 2 aromatic heterocycles. The predicted molar refractivity (Wildman–Crippen MR) is 81.7 cm³/mol. The molecular weight excluding hydrogens is 262 g/mol. The number of aliphatic hydroxyl groups is 1. The molecule has 3 heterocycles. The van der Waals surface area contributed by atoms with Crippen LogP contribution in [0.5, 0.6) is 0 Å². The molecule has 4 heteroatoms. The van der Waals surface area contributed by atoms with Gasteiger partial charge < -0.3 is 5.11 Å². The zero-order chi connectivity index (χ0) is 14.7. The van der Waals surface area contributed by atoms with Gasteiger partial charge in [0.05, 0.1) is 11.8 Å². The molecule has 1 saturated heterocycles. The Morgan fingerprint density at radius 2 is 2.00 bits per heavy atom. The van der Waals surface area contributed by atoms with Crippen LogP contribution < -0.4 is 0 Å². The molecule has 1 N–H and O–H groups in total. The van der Waals surface area contributed by atoms with Crippen molar-refractivity contribution in [1.82, 2.24) is 14.9 Å². The molecule has 110 valence electrons. The third kappa shape index (κ3) is 3.65. The molecule has 3 rings (SSSR count). The molecule has 0 saturated carbocycles. The second kappa shape index (κ2) is 6.33. The van der Waals surface area contributed by atoms with Gasteiger partial charge in [-0.3, -0.25) is 14.9 Å². The van der Waals surface area contributed by atoms with Crippen LogP contribution in [0.2, 0.25) is 0 Å². The van der Waals surface area contributed by atoms with Gasteiger partial charge in [-0.25, -0.2) is 0 Å². The van der Waals surface area contributed by atoms with Crippen molar-refractivity contribution in [3.63, 3.8) is 0 Å². The molecule has 0 unspecified atom stereocenters. The topological polar surface area (TPSA) is 49.2 Å². The van der Waals surface area contributed by atoms with E-state index in [1.165, 1.54) is 11.1 Å². The number of hydrogen-bond donors (Lipinski definition) is 1. The van der Waals surface area contributed by atoms with Crippen LogP contribution in [0.25, 0.3) is 0 Å². The first-order valence-corrected chi connectivity index (χ1v) is 7.41. The Hall–Kier alpha value is -1.78. The monoisotopic (exact) mass is 283 g/mol. The maximum atomic E-state index is 10.3. The summed E-state index contributed by atoms with van der Waals surface area (Å²) < 4.78 is 0. The van der Waals surface area contributed by atoms with Crippen LogP contribution in [0.4, 0.5) is 0 Å². The number of nitrogens with zero attached hydrogens (tertiary/aromatic N) is 3. The first-order valence-electron chi connectivity index (χ1n) is 7.41. The van der Waals surface area contributed by atoms with Gasteiger partial charge in [0.1, 0.15) is 0 Å². The quantitative estimate of drug-likeness (QED) is 0.930. The Morgan fingerprint density at radius 1 is 1.19 bits per heavy atom. The standard InChI is InChI=1S/C17H21N3O/c1-13-2-3-16(19-9-13)11-20-10-15(17(21)12-20)8-14-4-6-18-7-5-14/h2-7,9,15,17,21H,8,10-12H2,1H3/t15-,17-/m1/s1. The van der Waals surface area contributed by atoms with Crippen molar-refractivity contribution in [1.29, 1.82) is 0 Å². The summed E-state index contributed by atoms with van der Waals surface area (Å²) in [5.74, 6) is 0.290. The van der Waals surface area contributed by atoms with Gasteiger partial charge in [0.15, 0.2) is 0 Å². The summed E-state index contributed by atoms with van der Waals surface area (Å²) in [6.07, 6.45) is 6.16. The minimum atomic E-state index is -0.261. The molecule has 1 fully saturated rings. The molecule has 2 aromatic rings. The fourth-order valence-corrected chi connectivity index (χ4v) is 2.91. The third-order valence-corrected chi connectivity index (χ3v) is 4.09. The van der Waals surface area contributed by atoms with Crippen molar-refractivity contribution >= 4 is 0 Å². The number of aliphatic hydroxyl groups excluding tert-OH is 1. The van der Waals surface area contributed by atoms with Crippen molar-refractivity contribution in [2.45, 2.75) is 26.0 Å². The average Bonchev–Trinajstić information content (AvgIpc) is 2.82. The summed E-state index contributed by atoms with van der Waals surface area (Å²) in [5, 5.41) is 10.3. The van der Waals surface area contributed by atoms with E-state index in [-0.39, 0.29) is 12.0 Å². The number of hydrogen-bond acceptors (Lipinski definition) is 4. The summed E-state index contributed by atoms with van der Waals surface area (Å²) in [6.45, 7) is 4.50. The minimum absolute atomic E-state index is 0.261. The lowest BCUT2D eigenvalue weighted by Crippen LogP contribution is -2.21. The van der Waals surface area contributed by atoms with Gasteiger partial charge in [0.25, 0.3) is 0 Å². The lowest BCUT2D eigenvalue weighted by atomic mass is 9.97. The Balaban J connectivity index is 1.59. The van der Waals surface area contributed by atoms with Crippen molar-refractivity contribution < 1.29 is 5.11 Å². The second-order valence-corrected chi connectivity index (χ2v) is 5.91. The van der Waals surface area contributed by atoms with Gasteiger partial charge in [-0.2, -0.15) is 0 Å². The minimum Gasteiger partial charge on any atom is -0.391 e. The zero-order valence-electron chi connectivity index (χ0n) is 12.3. The second-order valence-electron chi connectivity index (χ2n) is 5.91. The van der Waals surface area contributed by atoms with Crippen LogP contribution in [0.15, 0.2) is 42.9 Å². The van der Waals surface area contributed by atoms with Crippen LogP contribution in [-0.2, 0) is 13.0 Å². The Morgan fingerprint density at radius 3 is 2.71 bits per heavy atom. The number of pyridine rings is 2. The first kappa shape index (κ1) is 14.2. The lowest BCUT2D eigenvalue weighted by molar-refractivity contribution is 0.141. The molecule has 0 amide bonds. The average molecular weight is 283 g/mol. The van der Waals surface area contributed by atoms with Crippen LogP contribution in [0.1, 0.15) is 16.8 Å². The summed E-state index contributed by atoms with van der Waals surface area (Å²) in [7, 11) is 0. The van der Waals surface area contributed by atoms with Gasteiger partial charge in [-0.1, -0.05) is 6.07 Å². The number of likely N-dealkylation sites (tertiary alicyclic amines) is 1. The molecule has 4 nitrogen and oxygen atoms in total. The fourth-order valence-electron chi connectivity index (χ4n) is 2.91. The van der Waals surface area contributed by atoms with Crippen LogP contribution in [0.3, 0.4) is 0 Å². The van der Waals surface area contributed by atoms with E-state index in [9.17, 15) is 5.11 Å². The van der Waals surface area contributed by atoms with E-state index in [1.807, 2.05) is 37.6 Å². The molecule has 0 aromatic carbocycles. The highest BCUT2D eigenvalue weighted by atomic mass is 16.3. The largest absolute Gasteiger partial charge is 0.391 e. The number of β-amino-alcohol motifs (C(OH)–C–C–N with tert-alkyl or cyclic N) is 1. The van der Waals surface area contributed by atoms with Crippen molar-refractivity contribution in [3.8, 4) is 0 Å². The van der Waals surface area contributed by atoms with E-state index in [0.717, 1.165) is 31.7 Å². The van der Waals surface area contributed by atoms with Gasteiger partial charge in [0, 0.05) is 44.1 Å². The summed E-state index contributed by atoms with van der Waals surface area (Å²) in [6, 6.07) is 8.20. The number of rotatable bonds is 4. The fraction of sp³-hybridized carbons (Fsp3) is 0.412. The van der Waals surface area contributed by atoms with E-state index in [0.29, 0.717) is 0 Å². The van der Waals surface area contributed by atoms with Crippen LogP contribution in [-0.4, -0.2) is 39.2 Å². The van der Waals surface area contributed by atoms with E-state index in [2.05, 4.69) is 27.0 Å². The lowest BCUT2D eigenvalue weighted by Gasteiger charge is -2.15. The van der Waals surface area contributed by atoms with E-state index < -0.39 is 0 Å². The first-order chi connectivity index (χ1) is 10.2. The number of aryl methyl sites for hydroxylation is 1. The zero-order valence-corrected chi connectivity index (χ0v) is 12.3. The molecule has 2 atom stereocenters. The highest BCUT2D eigenvalue weighted by Gasteiger charge is 2.31. The Bertz CT molecular complexity index is 570. The number of aromatic nitrogens is 2. The molecule has 1 aliphatic heterocycles. The van der Waals surface area contributed by atoms with Gasteiger partial charge in [-0.05, 0) is 42.7 Å². The molecule has 0 radical (unpaired) electrons. The highest BCUT2D eigenvalue weighted by molar-refractivity contribution is 5.14. The normalized spacial score (nSPS) is 22.6. The van der Waals surface area contributed by atoms with E-state index >= 15 is 0 Å². The van der Waals surface area contributed by atoms with Gasteiger partial charge >= 0.3 is 0 Å². The highest BCUT2D eigenvalue weighted by Crippen LogP contribution is 2.22. The van der Waals surface area contributed by atoms with Crippen molar-refractivity contribution in [3.05, 3.63) is 59.7 Å². The van der Waals surface area contributed by atoms with Crippen molar-refractivity contribution in [2.75, 3.05) is 13.1 Å². The third-order valence-electron chi connectivity index (χ3n) is 4.09. The maximum Gasteiger partial charge on any atom is 0.0710 e. The summed E-state index contributed by atoms with van der Waals surface area (Å²) in [4.78, 5) is 10.8. The molecule has 0 aliphatic carbocycles. The Kier molecular flexibility index (Phi) is 4.27. The molecular formula is C17H21N3O. The predicted octanol–water partition coefficient (Wildman–Crippen LogP) is 1.82. The molecule has 0 spiro atoms. The van der Waals surface area contributed by atoms with Gasteiger partial charge in [0.2, 0.25) is 0 Å². The smallest absolute Gasteiger partial charge is 0.0710 e. The SMILES string of the molecule is Cc1ccc(CN2C[C@@H](Cc3ccncc3)[C@H](O)C2)nc1. The van der Waals surface area contributed by atoms with E-state index in [1.54, 1.807) is 0 Å². The van der Waals surface area contributed by atoms with Crippen molar-refractivity contribution in [2.24, 2.45) is 5.92 Å². The Labute approximate surface area is 125 Å².